The average Bonchev–Trinajstić information content (AvgIpc) is 2.07. The molecule has 0 spiro atoms. The highest BCUT2D eigenvalue weighted by Gasteiger charge is 2.27. The molecule has 0 rings (SSSR count). The quantitative estimate of drug-likeness (QED) is 0.589. The Labute approximate surface area is 82.9 Å². The number of nitrogens with one attached hydrogen (secondary N) is 2. The summed E-state index contributed by atoms with van der Waals surface area (Å²) < 4.78 is 39.0. The lowest BCUT2D eigenvalue weighted by Crippen LogP contribution is -2.42. The van der Waals surface area contributed by atoms with Gasteiger partial charge in [-0.15, -0.1) is 0 Å². The predicted molar refractivity (Wildman–Crippen MR) is 43.0 cm³/mol. The first-order valence-electron chi connectivity index (χ1n) is 3.82. The van der Waals surface area contributed by atoms with Gasteiger partial charge in [-0.25, -0.2) is 9.59 Å². The van der Waals surface area contributed by atoms with Crippen LogP contribution in [0.15, 0.2) is 0 Å². The van der Waals surface area contributed by atoms with Gasteiger partial charge in [0.05, 0.1) is 6.54 Å². The van der Waals surface area contributed by atoms with Crippen molar-refractivity contribution in [2.24, 2.45) is 5.73 Å². The number of nitrogens with two attached hydrogens (primary N) is 1. The molecule has 0 aliphatic heterocycles. The minimum Gasteiger partial charge on any atom is -0.448 e. The van der Waals surface area contributed by atoms with E-state index >= 15 is 0 Å². The third-order valence-corrected chi connectivity index (χ3v) is 1.08. The van der Waals surface area contributed by atoms with Gasteiger partial charge in [-0.05, 0) is 0 Å². The van der Waals surface area contributed by atoms with E-state index in [1.807, 2.05) is 5.32 Å². The summed E-state index contributed by atoms with van der Waals surface area (Å²) in [6.07, 6.45) is -5.48. The number of halogens is 3. The van der Waals surface area contributed by atoms with Crippen LogP contribution in [0, 0.1) is 0 Å². The van der Waals surface area contributed by atoms with E-state index in [0.717, 1.165) is 0 Å². The molecule has 4 N–H and O–H groups in total. The van der Waals surface area contributed by atoms with Gasteiger partial charge >= 0.3 is 18.3 Å². The molecule has 0 aromatic heterocycles. The van der Waals surface area contributed by atoms with Gasteiger partial charge in [-0.2, -0.15) is 13.2 Å². The Morgan fingerprint density at radius 3 is 2.33 bits per heavy atom. The summed E-state index contributed by atoms with van der Waals surface area (Å²) in [5.41, 5.74) is 4.59. The molecule has 0 aliphatic carbocycles. The minimum absolute atomic E-state index is 0.118. The molecule has 6 nitrogen and oxygen atoms in total. The lowest BCUT2D eigenvalue weighted by atomic mass is 10.6. The van der Waals surface area contributed by atoms with Crippen LogP contribution >= 0.6 is 0 Å². The van der Waals surface area contributed by atoms with Crippen LogP contribution in [0.1, 0.15) is 0 Å². The first kappa shape index (κ1) is 13.3. The van der Waals surface area contributed by atoms with E-state index in [9.17, 15) is 22.8 Å². The SMILES string of the molecule is NC(=O)OCCNC(=O)NCC(F)(F)F. The van der Waals surface area contributed by atoms with Gasteiger partial charge in [0.1, 0.15) is 13.2 Å². The zero-order valence-corrected chi connectivity index (χ0v) is 7.56. The van der Waals surface area contributed by atoms with Crippen molar-refractivity contribution in [1.82, 2.24) is 10.6 Å². The fraction of sp³-hybridized carbons (Fsp3) is 0.667. The highest BCUT2D eigenvalue weighted by molar-refractivity contribution is 5.73. The zero-order valence-electron chi connectivity index (χ0n) is 7.56. The second-order valence-corrected chi connectivity index (χ2v) is 2.39. The van der Waals surface area contributed by atoms with Crippen LogP contribution in [0.25, 0.3) is 0 Å². The summed E-state index contributed by atoms with van der Waals surface area (Å²) in [5, 5.41) is 3.59. The van der Waals surface area contributed by atoms with Crippen LogP contribution in [-0.2, 0) is 4.74 Å². The molecule has 0 aromatic rings. The normalized spacial score (nSPS) is 10.6. The van der Waals surface area contributed by atoms with Crippen LogP contribution in [0.3, 0.4) is 0 Å². The molecule has 0 unspecified atom stereocenters. The molecule has 0 aromatic carbocycles. The van der Waals surface area contributed by atoms with Crippen LogP contribution in [-0.4, -0.2) is 38.0 Å². The number of rotatable bonds is 4. The van der Waals surface area contributed by atoms with Gasteiger partial charge < -0.3 is 21.1 Å². The minimum atomic E-state index is -4.46. The zero-order chi connectivity index (χ0) is 11.9. The molecule has 9 heteroatoms. The van der Waals surface area contributed by atoms with E-state index in [2.05, 4.69) is 10.5 Å². The number of urea groups is 1. The first-order chi connectivity index (χ1) is 6.81. The molecule has 0 saturated carbocycles. The highest BCUT2D eigenvalue weighted by atomic mass is 19.4. The van der Waals surface area contributed by atoms with Crippen LogP contribution in [0.5, 0.6) is 0 Å². The Balaban J connectivity index is 3.46. The van der Waals surface area contributed by atoms with E-state index in [-0.39, 0.29) is 13.2 Å². The van der Waals surface area contributed by atoms with Gasteiger partial charge in [0.15, 0.2) is 0 Å². The van der Waals surface area contributed by atoms with Crippen LogP contribution in [0.4, 0.5) is 22.8 Å². The standard InChI is InChI=1S/C6H10F3N3O3/c7-6(8,9)3-12-5(14)11-1-2-15-4(10)13/h1-3H2,(H2,10,13)(H2,11,12,14). The summed E-state index contributed by atoms with van der Waals surface area (Å²) in [6.45, 7) is -1.74. The number of hydrogen-bond donors (Lipinski definition) is 3. The Kier molecular flexibility index (Phi) is 5.27. The first-order valence-corrected chi connectivity index (χ1v) is 3.82. The maximum atomic E-state index is 11.6. The molecule has 0 radical (unpaired) electrons. The number of primary amides is 1. The number of hydrogen-bond acceptors (Lipinski definition) is 3. The Morgan fingerprint density at radius 1 is 1.27 bits per heavy atom. The van der Waals surface area contributed by atoms with E-state index < -0.39 is 24.8 Å². The molecule has 0 saturated heterocycles. The van der Waals surface area contributed by atoms with Crippen LogP contribution in [0.2, 0.25) is 0 Å². The summed E-state index contributed by atoms with van der Waals surface area (Å²) >= 11 is 0. The van der Waals surface area contributed by atoms with Gasteiger partial charge in [-0.1, -0.05) is 0 Å². The van der Waals surface area contributed by atoms with Crippen molar-refractivity contribution in [3.63, 3.8) is 0 Å². The molecule has 0 atom stereocenters. The van der Waals surface area contributed by atoms with Gasteiger partial charge in [0, 0.05) is 0 Å². The average molecular weight is 229 g/mol. The van der Waals surface area contributed by atoms with Crippen molar-refractivity contribution >= 4 is 12.1 Å². The molecule has 0 fully saturated rings. The van der Waals surface area contributed by atoms with Crippen molar-refractivity contribution in [2.75, 3.05) is 19.7 Å². The highest BCUT2D eigenvalue weighted by Crippen LogP contribution is 2.11. The summed E-state index contributed by atoms with van der Waals surface area (Å²) in [7, 11) is 0. The maximum Gasteiger partial charge on any atom is 0.405 e. The monoisotopic (exact) mass is 229 g/mol. The molecular weight excluding hydrogens is 219 g/mol. The molecule has 0 bridgehead atoms. The van der Waals surface area contributed by atoms with E-state index in [1.165, 1.54) is 0 Å². The third kappa shape index (κ3) is 10.2. The molecular formula is C6H10F3N3O3. The van der Waals surface area contributed by atoms with Crippen molar-refractivity contribution in [3.05, 3.63) is 0 Å². The predicted octanol–water partition coefficient (Wildman–Crippen LogP) is -0.0568. The summed E-state index contributed by atoms with van der Waals surface area (Å²) in [5.74, 6) is 0. The number of carbonyl (C=O) groups is 2. The Morgan fingerprint density at radius 2 is 1.87 bits per heavy atom. The number of amides is 3. The molecule has 0 aliphatic rings. The third-order valence-electron chi connectivity index (χ3n) is 1.08. The second kappa shape index (κ2) is 5.94. The van der Waals surface area contributed by atoms with Crippen molar-refractivity contribution < 1.29 is 27.5 Å². The Hall–Kier alpha value is -1.67. The van der Waals surface area contributed by atoms with Crippen molar-refractivity contribution in [2.45, 2.75) is 6.18 Å². The number of alkyl halides is 3. The van der Waals surface area contributed by atoms with E-state index in [0.29, 0.717) is 0 Å². The van der Waals surface area contributed by atoms with Crippen LogP contribution < -0.4 is 16.4 Å². The molecule has 88 valence electrons. The van der Waals surface area contributed by atoms with Gasteiger partial charge in [0.2, 0.25) is 0 Å². The fourth-order valence-electron chi connectivity index (χ4n) is 0.559. The van der Waals surface area contributed by atoms with Crippen molar-refractivity contribution in [3.8, 4) is 0 Å². The summed E-state index contributed by atoms with van der Waals surface area (Å²) in [4.78, 5) is 20.7. The molecule has 15 heavy (non-hydrogen) atoms. The second-order valence-electron chi connectivity index (χ2n) is 2.39. The molecule has 0 heterocycles. The lowest BCUT2D eigenvalue weighted by molar-refractivity contribution is -0.122. The maximum absolute atomic E-state index is 11.6. The van der Waals surface area contributed by atoms with Gasteiger partial charge in [-0.3, -0.25) is 0 Å². The van der Waals surface area contributed by atoms with E-state index in [1.54, 1.807) is 5.32 Å². The number of carbonyl (C=O) groups excluding carboxylic acids is 2. The summed E-state index contributed by atoms with van der Waals surface area (Å²) in [6, 6.07) is -1.000. The smallest absolute Gasteiger partial charge is 0.405 e. The fourth-order valence-corrected chi connectivity index (χ4v) is 0.559. The van der Waals surface area contributed by atoms with Crippen molar-refractivity contribution in [1.29, 1.82) is 0 Å². The number of ether oxygens (including phenoxy) is 1. The Bertz CT molecular complexity index is 231. The van der Waals surface area contributed by atoms with E-state index in [4.69, 9.17) is 0 Å². The molecule has 3 amide bonds. The van der Waals surface area contributed by atoms with Gasteiger partial charge in [0.25, 0.3) is 0 Å². The lowest BCUT2D eigenvalue weighted by Gasteiger charge is -2.09. The topological polar surface area (TPSA) is 93.5 Å². The largest absolute Gasteiger partial charge is 0.448 e.